The number of cyclic esters (lactones) is 2. The van der Waals surface area contributed by atoms with Gasteiger partial charge in [0, 0.05) is 12.8 Å². The van der Waals surface area contributed by atoms with Crippen LogP contribution >= 0.6 is 0 Å². The normalized spacial score (nSPS) is 15.9. The molecule has 0 saturated carbocycles. The number of carbonyl (C=O) groups is 4. The number of hydrogen-bond donors (Lipinski definition) is 1. The SMILES string of the molecule is CC(=O)CCCC(=O)O.O=C1CCC(=O)OCCCCO1. The maximum atomic E-state index is 10.8. The van der Waals surface area contributed by atoms with Gasteiger partial charge in [0.05, 0.1) is 26.1 Å². The molecule has 0 radical (unpaired) electrons. The minimum Gasteiger partial charge on any atom is -0.481 e. The summed E-state index contributed by atoms with van der Waals surface area (Å²) >= 11 is 0. The largest absolute Gasteiger partial charge is 0.481 e. The van der Waals surface area contributed by atoms with Crippen LogP contribution in [-0.2, 0) is 28.7 Å². The topological polar surface area (TPSA) is 107 Å². The Bertz CT molecular complexity index is 328. The molecule has 1 heterocycles. The quantitative estimate of drug-likeness (QED) is 0.783. The summed E-state index contributed by atoms with van der Waals surface area (Å²) in [7, 11) is 0. The number of rotatable bonds is 4. The number of carboxylic acid groups (broad SMARTS) is 1. The van der Waals surface area contributed by atoms with Gasteiger partial charge in [-0.05, 0) is 26.2 Å². The van der Waals surface area contributed by atoms with Crippen molar-refractivity contribution >= 4 is 23.7 Å². The van der Waals surface area contributed by atoms with Crippen LogP contribution in [0.3, 0.4) is 0 Å². The first-order valence-corrected chi connectivity index (χ1v) is 6.94. The standard InChI is InChI=1S/C8H12O4.C6H10O3/c9-7-3-4-8(10)12-6-2-1-5-11-7;1-5(7)3-2-4-6(8)9/h1-6H2;2-4H2,1H3,(H,8,9). The number of aliphatic carboxylic acids is 1. The average molecular weight is 302 g/mol. The van der Waals surface area contributed by atoms with E-state index in [1.807, 2.05) is 0 Å². The molecule has 0 bridgehead atoms. The van der Waals surface area contributed by atoms with E-state index in [1.165, 1.54) is 6.92 Å². The van der Waals surface area contributed by atoms with Crippen molar-refractivity contribution in [1.82, 2.24) is 0 Å². The fourth-order valence-electron chi connectivity index (χ4n) is 1.41. The Hall–Kier alpha value is -1.92. The molecular formula is C14H22O7. The van der Waals surface area contributed by atoms with Crippen LogP contribution in [0.1, 0.15) is 51.9 Å². The molecule has 1 rings (SSSR count). The van der Waals surface area contributed by atoms with Gasteiger partial charge >= 0.3 is 17.9 Å². The lowest BCUT2D eigenvalue weighted by molar-refractivity contribution is -0.152. The second kappa shape index (κ2) is 11.9. The monoisotopic (exact) mass is 302 g/mol. The van der Waals surface area contributed by atoms with Gasteiger partial charge in [0.2, 0.25) is 0 Å². The molecule has 0 unspecified atom stereocenters. The van der Waals surface area contributed by atoms with Crippen molar-refractivity contribution < 1.29 is 33.8 Å². The number of hydrogen-bond acceptors (Lipinski definition) is 6. The van der Waals surface area contributed by atoms with Gasteiger partial charge in [-0.1, -0.05) is 0 Å². The molecule has 1 aliphatic rings. The molecule has 0 aliphatic carbocycles. The van der Waals surface area contributed by atoms with Crippen molar-refractivity contribution in [2.75, 3.05) is 13.2 Å². The molecule has 7 nitrogen and oxygen atoms in total. The molecular weight excluding hydrogens is 280 g/mol. The maximum absolute atomic E-state index is 10.8. The predicted molar refractivity (Wildman–Crippen MR) is 72.6 cm³/mol. The lowest BCUT2D eigenvalue weighted by Crippen LogP contribution is -2.14. The van der Waals surface area contributed by atoms with Crippen LogP contribution in [0.25, 0.3) is 0 Å². The van der Waals surface area contributed by atoms with Crippen LogP contribution in [0.2, 0.25) is 0 Å². The molecule has 1 fully saturated rings. The van der Waals surface area contributed by atoms with Gasteiger partial charge in [-0.3, -0.25) is 14.4 Å². The molecule has 1 saturated heterocycles. The molecule has 0 atom stereocenters. The van der Waals surface area contributed by atoms with Gasteiger partial charge in [-0.25, -0.2) is 0 Å². The summed E-state index contributed by atoms with van der Waals surface area (Å²) in [4.78, 5) is 41.7. The smallest absolute Gasteiger partial charge is 0.306 e. The second-order valence-corrected chi connectivity index (χ2v) is 4.60. The number of esters is 2. The zero-order valence-corrected chi connectivity index (χ0v) is 12.3. The molecule has 7 heteroatoms. The Morgan fingerprint density at radius 3 is 1.86 bits per heavy atom. The highest BCUT2D eigenvalue weighted by Crippen LogP contribution is 2.01. The van der Waals surface area contributed by atoms with E-state index in [-0.39, 0.29) is 37.0 Å². The van der Waals surface area contributed by atoms with Gasteiger partial charge in [-0.2, -0.15) is 0 Å². The van der Waals surface area contributed by atoms with Gasteiger partial charge in [-0.15, -0.1) is 0 Å². The van der Waals surface area contributed by atoms with Crippen LogP contribution in [-0.4, -0.2) is 42.0 Å². The van der Waals surface area contributed by atoms with Crippen LogP contribution in [0.4, 0.5) is 0 Å². The van der Waals surface area contributed by atoms with Crippen LogP contribution in [0, 0.1) is 0 Å². The minimum absolute atomic E-state index is 0.0521. The molecule has 1 N–H and O–H groups in total. The molecule has 21 heavy (non-hydrogen) atoms. The highest BCUT2D eigenvalue weighted by atomic mass is 16.5. The van der Waals surface area contributed by atoms with Gasteiger partial charge < -0.3 is 19.4 Å². The van der Waals surface area contributed by atoms with Crippen molar-refractivity contribution in [3.63, 3.8) is 0 Å². The lowest BCUT2D eigenvalue weighted by atomic mass is 10.2. The van der Waals surface area contributed by atoms with E-state index in [2.05, 4.69) is 0 Å². The fraction of sp³-hybridized carbons (Fsp3) is 0.714. The number of carboxylic acids is 1. The summed E-state index contributed by atoms with van der Waals surface area (Å²) in [5.74, 6) is -1.41. The molecule has 1 aliphatic heterocycles. The van der Waals surface area contributed by atoms with Gasteiger partial charge in [0.15, 0.2) is 0 Å². The molecule has 120 valence electrons. The van der Waals surface area contributed by atoms with Crippen molar-refractivity contribution in [1.29, 1.82) is 0 Å². The third-order valence-electron chi connectivity index (χ3n) is 2.52. The Morgan fingerprint density at radius 1 is 1.00 bits per heavy atom. The third kappa shape index (κ3) is 14.3. The fourth-order valence-corrected chi connectivity index (χ4v) is 1.41. The second-order valence-electron chi connectivity index (χ2n) is 4.60. The van der Waals surface area contributed by atoms with E-state index < -0.39 is 5.97 Å². The molecule has 0 aromatic rings. The van der Waals surface area contributed by atoms with Crippen LogP contribution in [0.15, 0.2) is 0 Å². The highest BCUT2D eigenvalue weighted by Gasteiger charge is 2.10. The van der Waals surface area contributed by atoms with Crippen LogP contribution < -0.4 is 0 Å². The van der Waals surface area contributed by atoms with E-state index in [0.717, 1.165) is 12.8 Å². The Morgan fingerprint density at radius 2 is 1.48 bits per heavy atom. The van der Waals surface area contributed by atoms with E-state index in [1.54, 1.807) is 0 Å². The summed E-state index contributed by atoms with van der Waals surface area (Å²) < 4.78 is 9.64. The van der Waals surface area contributed by atoms with Gasteiger partial charge in [0.1, 0.15) is 5.78 Å². The van der Waals surface area contributed by atoms with Crippen molar-refractivity contribution in [3.05, 3.63) is 0 Å². The minimum atomic E-state index is -0.837. The predicted octanol–water partition coefficient (Wildman–Crippen LogP) is 1.48. The number of ketones is 1. The Labute approximate surface area is 123 Å². The van der Waals surface area contributed by atoms with Crippen LogP contribution in [0.5, 0.6) is 0 Å². The zero-order chi connectivity index (χ0) is 16.1. The van der Waals surface area contributed by atoms with E-state index >= 15 is 0 Å². The average Bonchev–Trinajstić information content (AvgIpc) is 2.40. The number of carbonyl (C=O) groups excluding carboxylic acids is 3. The first kappa shape index (κ1) is 19.1. The summed E-state index contributed by atoms with van der Waals surface area (Å²) in [5.41, 5.74) is 0. The van der Waals surface area contributed by atoms with Gasteiger partial charge in [0.25, 0.3) is 0 Å². The highest BCUT2D eigenvalue weighted by molar-refractivity contribution is 5.77. The third-order valence-corrected chi connectivity index (χ3v) is 2.52. The van der Waals surface area contributed by atoms with E-state index in [0.29, 0.717) is 26.1 Å². The maximum Gasteiger partial charge on any atom is 0.306 e. The summed E-state index contributed by atoms with van der Waals surface area (Å²) in [6.45, 7) is 2.34. The molecule has 0 aromatic heterocycles. The summed E-state index contributed by atoms with van der Waals surface area (Å²) in [6.07, 6.45) is 2.74. The molecule has 0 aromatic carbocycles. The Balaban J connectivity index is 0.000000400. The molecule has 0 amide bonds. The first-order valence-electron chi connectivity index (χ1n) is 6.94. The van der Waals surface area contributed by atoms with E-state index in [4.69, 9.17) is 14.6 Å². The van der Waals surface area contributed by atoms with Crippen molar-refractivity contribution in [3.8, 4) is 0 Å². The first-order chi connectivity index (χ1) is 9.91. The summed E-state index contributed by atoms with van der Waals surface area (Å²) in [5, 5.41) is 8.12. The zero-order valence-electron chi connectivity index (χ0n) is 12.3. The molecule has 0 spiro atoms. The lowest BCUT2D eigenvalue weighted by Gasteiger charge is -2.08. The number of Topliss-reactive ketones (excluding diaryl/α,β-unsaturated/α-hetero) is 1. The number of ether oxygens (including phenoxy) is 2. The summed E-state index contributed by atoms with van der Waals surface area (Å²) in [6, 6.07) is 0. The van der Waals surface area contributed by atoms with Crippen molar-refractivity contribution in [2.24, 2.45) is 0 Å². The van der Waals surface area contributed by atoms with Crippen molar-refractivity contribution in [2.45, 2.75) is 51.9 Å². The Kier molecular flexibility index (Phi) is 10.8. The van der Waals surface area contributed by atoms with E-state index in [9.17, 15) is 19.2 Å².